The molecule has 0 aliphatic carbocycles. The second-order valence-corrected chi connectivity index (χ2v) is 5.24. The third kappa shape index (κ3) is 2.80. The van der Waals surface area contributed by atoms with E-state index in [-0.39, 0.29) is 17.8 Å². The molecule has 25 heavy (non-hydrogen) atoms. The zero-order valence-corrected chi connectivity index (χ0v) is 12.6. The van der Waals surface area contributed by atoms with E-state index in [0.717, 1.165) is 27.2 Å². The van der Waals surface area contributed by atoms with Gasteiger partial charge in [0.05, 0.1) is 17.6 Å². The molecule has 0 amide bonds. The smallest absolute Gasteiger partial charge is 0.416 e. The number of nitrogens with zero attached hydrogens (tertiary/aromatic N) is 3. The van der Waals surface area contributed by atoms with Gasteiger partial charge >= 0.3 is 11.7 Å². The fourth-order valence-corrected chi connectivity index (χ4v) is 2.60. The minimum Gasteiger partial charge on any atom is -0.842 e. The average Bonchev–Trinajstić information content (AvgIpc) is 2.58. The Morgan fingerprint density at radius 3 is 2.64 bits per heavy atom. The molecule has 0 unspecified atom stereocenters. The average molecular weight is 345 g/mol. The van der Waals surface area contributed by atoms with Crippen LogP contribution < -0.4 is 15.2 Å². The highest BCUT2D eigenvalue weighted by molar-refractivity contribution is 5.67. The first-order valence-corrected chi connectivity index (χ1v) is 7.13. The van der Waals surface area contributed by atoms with E-state index in [2.05, 4.69) is 0 Å². The first kappa shape index (κ1) is 16.5. The zero-order valence-electron chi connectivity index (χ0n) is 12.6. The predicted octanol–water partition coefficient (Wildman–Crippen LogP) is 1.87. The molecular formula is C17H10F3N3O2. The lowest BCUT2D eigenvalue weighted by molar-refractivity contribution is -0.705. The predicted molar refractivity (Wildman–Crippen MR) is 79.4 cm³/mol. The number of nitriles is 1. The SMILES string of the molecule is N#CC[n+]1c([O-])c(-c2cccc(C(F)(F)F)c2)c(=O)n2ccccc21. The lowest BCUT2D eigenvalue weighted by atomic mass is 10.0. The number of halogens is 3. The van der Waals surface area contributed by atoms with Gasteiger partial charge in [0.15, 0.2) is 6.54 Å². The van der Waals surface area contributed by atoms with Gasteiger partial charge in [-0.1, -0.05) is 18.2 Å². The zero-order chi connectivity index (χ0) is 18.2. The Morgan fingerprint density at radius 1 is 1.20 bits per heavy atom. The van der Waals surface area contributed by atoms with Crippen LogP contribution >= 0.6 is 0 Å². The molecule has 3 rings (SSSR count). The quantitative estimate of drug-likeness (QED) is 0.666. The monoisotopic (exact) mass is 345 g/mol. The van der Waals surface area contributed by atoms with Gasteiger partial charge in [0, 0.05) is 6.07 Å². The Bertz CT molecular complexity index is 1070. The fraction of sp³-hybridized carbons (Fsp3) is 0.118. The molecule has 2 aromatic heterocycles. The number of pyridine rings is 1. The van der Waals surface area contributed by atoms with E-state index in [4.69, 9.17) is 5.26 Å². The summed E-state index contributed by atoms with van der Waals surface area (Å²) in [6.07, 6.45) is -3.21. The first-order chi connectivity index (χ1) is 11.8. The van der Waals surface area contributed by atoms with Crippen LogP contribution in [0.5, 0.6) is 5.88 Å². The van der Waals surface area contributed by atoms with Crippen molar-refractivity contribution in [3.8, 4) is 23.1 Å². The van der Waals surface area contributed by atoms with Crippen molar-refractivity contribution < 1.29 is 22.8 Å². The molecule has 2 heterocycles. The highest BCUT2D eigenvalue weighted by Gasteiger charge is 2.31. The van der Waals surface area contributed by atoms with Crippen LogP contribution in [0, 0.1) is 11.3 Å². The molecule has 126 valence electrons. The van der Waals surface area contributed by atoms with Gasteiger partial charge in [-0.05, 0) is 23.8 Å². The first-order valence-electron chi connectivity index (χ1n) is 7.13. The normalized spacial score (nSPS) is 11.4. The lowest BCUT2D eigenvalue weighted by Gasteiger charge is -2.16. The number of benzene rings is 1. The van der Waals surface area contributed by atoms with Crippen LogP contribution in [0.2, 0.25) is 0 Å². The van der Waals surface area contributed by atoms with Crippen molar-refractivity contribution >= 4 is 5.65 Å². The number of hydrogen-bond donors (Lipinski definition) is 0. The summed E-state index contributed by atoms with van der Waals surface area (Å²) in [6.45, 7) is -0.335. The maximum Gasteiger partial charge on any atom is 0.416 e. The molecule has 3 aromatic rings. The van der Waals surface area contributed by atoms with E-state index >= 15 is 0 Å². The van der Waals surface area contributed by atoms with E-state index < -0.39 is 28.7 Å². The summed E-state index contributed by atoms with van der Waals surface area (Å²) in [5, 5.41) is 21.6. The molecule has 0 atom stereocenters. The highest BCUT2D eigenvalue weighted by atomic mass is 19.4. The van der Waals surface area contributed by atoms with Crippen molar-refractivity contribution in [1.82, 2.24) is 4.40 Å². The molecule has 8 heteroatoms. The van der Waals surface area contributed by atoms with Gasteiger partial charge in [-0.3, -0.25) is 0 Å². The molecule has 0 spiro atoms. The van der Waals surface area contributed by atoms with E-state index in [1.807, 2.05) is 6.07 Å². The van der Waals surface area contributed by atoms with Crippen LogP contribution in [0.15, 0.2) is 53.5 Å². The van der Waals surface area contributed by atoms with Gasteiger partial charge in [0.1, 0.15) is 11.6 Å². The number of hydrogen-bond acceptors (Lipinski definition) is 3. The molecule has 0 N–H and O–H groups in total. The molecule has 0 bridgehead atoms. The maximum atomic E-state index is 12.9. The number of fused-ring (bicyclic) bond motifs is 1. The van der Waals surface area contributed by atoms with Crippen molar-refractivity contribution in [2.24, 2.45) is 0 Å². The molecular weight excluding hydrogens is 335 g/mol. The minimum absolute atomic E-state index is 0.144. The van der Waals surface area contributed by atoms with Gasteiger partial charge in [-0.15, -0.1) is 0 Å². The van der Waals surface area contributed by atoms with Crippen molar-refractivity contribution in [3.63, 3.8) is 0 Å². The highest BCUT2D eigenvalue weighted by Crippen LogP contribution is 2.32. The van der Waals surface area contributed by atoms with E-state index in [0.29, 0.717) is 0 Å². The maximum absolute atomic E-state index is 12.9. The summed E-state index contributed by atoms with van der Waals surface area (Å²) in [6, 6.07) is 10.4. The standard InChI is InChI=1S/C17H10F3N3O2/c18-17(19,20)12-5-3-4-11(10-12)14-15(24)22-8-2-1-6-13(22)23(9-7-21)16(14)25/h1-6,8,10H,9H2. The summed E-state index contributed by atoms with van der Waals surface area (Å²) >= 11 is 0. The number of aromatic nitrogens is 2. The third-order valence-electron chi connectivity index (χ3n) is 3.71. The topological polar surface area (TPSA) is 72.2 Å². The largest absolute Gasteiger partial charge is 0.842 e. The van der Waals surface area contributed by atoms with Gasteiger partial charge in [0.25, 0.3) is 5.65 Å². The van der Waals surface area contributed by atoms with Gasteiger partial charge < -0.3 is 5.11 Å². The summed E-state index contributed by atoms with van der Waals surface area (Å²) in [4.78, 5) is 12.7. The van der Waals surface area contributed by atoms with Crippen molar-refractivity contribution in [2.45, 2.75) is 12.7 Å². The Balaban J connectivity index is 2.38. The van der Waals surface area contributed by atoms with Crippen LogP contribution in [0.1, 0.15) is 5.56 Å². The van der Waals surface area contributed by atoms with E-state index in [9.17, 15) is 23.1 Å². The molecule has 5 nitrogen and oxygen atoms in total. The summed E-state index contributed by atoms with van der Waals surface area (Å²) in [5.74, 6) is -0.808. The number of rotatable bonds is 2. The minimum atomic E-state index is -4.60. The third-order valence-corrected chi connectivity index (χ3v) is 3.71. The molecule has 0 aliphatic rings. The molecule has 0 radical (unpaired) electrons. The lowest BCUT2D eigenvalue weighted by Crippen LogP contribution is -2.43. The summed E-state index contributed by atoms with van der Waals surface area (Å²) in [7, 11) is 0. The van der Waals surface area contributed by atoms with Gasteiger partial charge in [0.2, 0.25) is 0 Å². The molecule has 0 aliphatic heterocycles. The summed E-state index contributed by atoms with van der Waals surface area (Å²) < 4.78 is 41.0. The Kier molecular flexibility index (Phi) is 3.93. The Hall–Kier alpha value is -3.34. The second kappa shape index (κ2) is 5.94. The van der Waals surface area contributed by atoms with Crippen LogP contribution in [0.3, 0.4) is 0 Å². The number of alkyl halides is 3. The Labute approximate surface area is 139 Å². The Morgan fingerprint density at radius 2 is 1.96 bits per heavy atom. The molecule has 0 fully saturated rings. The van der Waals surface area contributed by atoms with Gasteiger partial charge in [-0.25, -0.2) is 9.36 Å². The van der Waals surface area contributed by atoms with Gasteiger partial charge in [-0.2, -0.15) is 22.8 Å². The van der Waals surface area contributed by atoms with Crippen LogP contribution in [-0.4, -0.2) is 4.40 Å². The summed E-state index contributed by atoms with van der Waals surface area (Å²) in [5.41, 5.74) is -2.07. The van der Waals surface area contributed by atoms with E-state index in [1.165, 1.54) is 18.3 Å². The molecule has 1 aromatic carbocycles. The van der Waals surface area contributed by atoms with Crippen molar-refractivity contribution in [3.05, 3.63) is 64.6 Å². The van der Waals surface area contributed by atoms with Crippen molar-refractivity contribution in [1.29, 1.82) is 5.26 Å². The second-order valence-electron chi connectivity index (χ2n) is 5.24. The molecule has 0 saturated heterocycles. The van der Waals surface area contributed by atoms with Crippen LogP contribution in [0.25, 0.3) is 16.8 Å². The van der Waals surface area contributed by atoms with Crippen LogP contribution in [-0.2, 0) is 12.7 Å². The molecule has 0 saturated carbocycles. The van der Waals surface area contributed by atoms with Crippen molar-refractivity contribution in [2.75, 3.05) is 0 Å². The van der Waals surface area contributed by atoms with E-state index in [1.54, 1.807) is 12.1 Å². The fourth-order valence-electron chi connectivity index (χ4n) is 2.60. The van der Waals surface area contributed by atoms with Crippen LogP contribution in [0.4, 0.5) is 13.2 Å².